The van der Waals surface area contributed by atoms with E-state index < -0.39 is 0 Å². The Hall–Kier alpha value is -1.31. The molecular weight excluding hydrogens is 266 g/mol. The van der Waals surface area contributed by atoms with Gasteiger partial charge >= 0.3 is 0 Å². The van der Waals surface area contributed by atoms with Crippen LogP contribution >= 0.6 is 11.6 Å². The lowest BCUT2D eigenvalue weighted by molar-refractivity contribution is 0.536. The molecule has 0 radical (unpaired) electrons. The first kappa shape index (κ1) is 13.7. The van der Waals surface area contributed by atoms with Crippen LogP contribution in [0.1, 0.15) is 22.3 Å². The van der Waals surface area contributed by atoms with Gasteiger partial charge in [0.25, 0.3) is 0 Å². The highest BCUT2D eigenvalue weighted by molar-refractivity contribution is 6.30. The Bertz CT molecular complexity index is 606. The first-order chi connectivity index (χ1) is 9.70. The molecule has 2 aromatic rings. The molecule has 1 nitrogen and oxygen atoms in total. The number of rotatable bonds is 4. The van der Waals surface area contributed by atoms with E-state index in [-0.39, 0.29) is 0 Å². The number of fused-ring (bicyclic) bond motifs is 1. The monoisotopic (exact) mass is 285 g/mol. The van der Waals surface area contributed by atoms with Crippen LogP contribution in [-0.4, -0.2) is 12.6 Å². The van der Waals surface area contributed by atoms with Crippen LogP contribution in [-0.2, 0) is 19.3 Å². The molecular formula is C18H20ClN. The van der Waals surface area contributed by atoms with Crippen LogP contribution in [0.3, 0.4) is 0 Å². The summed E-state index contributed by atoms with van der Waals surface area (Å²) >= 11 is 6.05. The highest BCUT2D eigenvalue weighted by Crippen LogP contribution is 2.25. The normalized spacial score (nSPS) is 17.2. The van der Waals surface area contributed by atoms with E-state index in [4.69, 9.17) is 11.6 Å². The summed E-state index contributed by atoms with van der Waals surface area (Å²) in [5.74, 6) is 0. The summed E-state index contributed by atoms with van der Waals surface area (Å²) in [6.07, 6.45) is 3.32. The molecule has 0 amide bonds. The third-order valence-electron chi connectivity index (χ3n) is 4.03. The van der Waals surface area contributed by atoms with Gasteiger partial charge in [-0.1, -0.05) is 47.5 Å². The second-order valence-electron chi connectivity index (χ2n) is 5.71. The molecule has 0 heterocycles. The number of nitrogens with one attached hydrogen (secondary N) is 1. The lowest BCUT2D eigenvalue weighted by atomic mass is 10.1. The minimum absolute atomic E-state index is 0.563. The Kier molecular flexibility index (Phi) is 4.09. The zero-order valence-corrected chi connectivity index (χ0v) is 12.6. The van der Waals surface area contributed by atoms with Crippen LogP contribution < -0.4 is 5.32 Å². The summed E-state index contributed by atoms with van der Waals surface area (Å²) in [4.78, 5) is 0. The summed E-state index contributed by atoms with van der Waals surface area (Å²) in [5.41, 5.74) is 5.61. The average Bonchev–Trinajstić information content (AvgIpc) is 2.80. The van der Waals surface area contributed by atoms with Gasteiger partial charge in [-0.3, -0.25) is 0 Å². The zero-order valence-electron chi connectivity index (χ0n) is 11.8. The summed E-state index contributed by atoms with van der Waals surface area (Å²) < 4.78 is 0. The number of aryl methyl sites for hydroxylation is 1. The molecule has 1 aliphatic carbocycles. The van der Waals surface area contributed by atoms with Crippen molar-refractivity contribution in [1.29, 1.82) is 0 Å². The van der Waals surface area contributed by atoms with E-state index in [1.165, 1.54) is 22.3 Å². The Balaban J connectivity index is 1.51. The molecule has 0 bridgehead atoms. The second kappa shape index (κ2) is 5.99. The zero-order chi connectivity index (χ0) is 13.9. The Morgan fingerprint density at radius 2 is 1.95 bits per heavy atom. The largest absolute Gasteiger partial charge is 0.313 e. The molecule has 3 rings (SSSR count). The highest BCUT2D eigenvalue weighted by Gasteiger charge is 2.20. The Morgan fingerprint density at radius 1 is 1.10 bits per heavy atom. The molecule has 0 spiro atoms. The molecule has 2 heteroatoms. The van der Waals surface area contributed by atoms with Gasteiger partial charge in [-0.15, -0.1) is 0 Å². The van der Waals surface area contributed by atoms with E-state index in [1.54, 1.807) is 0 Å². The van der Waals surface area contributed by atoms with Crippen molar-refractivity contribution in [2.45, 2.75) is 32.2 Å². The first-order valence-electron chi connectivity index (χ1n) is 7.27. The van der Waals surface area contributed by atoms with Crippen molar-refractivity contribution < 1.29 is 0 Å². The molecule has 1 N–H and O–H groups in total. The lowest BCUT2D eigenvalue weighted by Crippen LogP contribution is -2.31. The minimum atomic E-state index is 0.563. The third-order valence-corrected chi connectivity index (χ3v) is 4.27. The lowest BCUT2D eigenvalue weighted by Gasteiger charge is -2.12. The van der Waals surface area contributed by atoms with Crippen LogP contribution in [0.2, 0.25) is 5.02 Å². The van der Waals surface area contributed by atoms with Crippen molar-refractivity contribution >= 4 is 11.6 Å². The van der Waals surface area contributed by atoms with E-state index >= 15 is 0 Å². The van der Waals surface area contributed by atoms with Crippen LogP contribution in [0, 0.1) is 6.92 Å². The Morgan fingerprint density at radius 3 is 2.80 bits per heavy atom. The number of halogens is 1. The van der Waals surface area contributed by atoms with Gasteiger partial charge in [-0.05, 0) is 61.6 Å². The summed E-state index contributed by atoms with van der Waals surface area (Å²) in [5, 5.41) is 4.52. The number of hydrogen-bond donors (Lipinski definition) is 1. The van der Waals surface area contributed by atoms with Crippen molar-refractivity contribution in [2.24, 2.45) is 0 Å². The van der Waals surface area contributed by atoms with Gasteiger partial charge in [-0.2, -0.15) is 0 Å². The molecule has 0 aromatic heterocycles. The standard InChI is InChI=1S/C18H20ClN/c1-13-3-2-4-14(9-13)7-8-20-18-11-15-5-6-17(19)10-16(15)12-18/h2-6,9-10,18,20H,7-8,11-12H2,1H3. The van der Waals surface area contributed by atoms with Crippen LogP contribution in [0.4, 0.5) is 0 Å². The fourth-order valence-corrected chi connectivity index (χ4v) is 3.21. The molecule has 2 aromatic carbocycles. The third kappa shape index (κ3) is 3.23. The van der Waals surface area contributed by atoms with E-state index in [0.29, 0.717) is 6.04 Å². The molecule has 0 saturated heterocycles. The fourth-order valence-electron chi connectivity index (χ4n) is 3.02. The Labute approximate surface area is 126 Å². The summed E-state index contributed by atoms with van der Waals surface area (Å²) in [7, 11) is 0. The molecule has 0 saturated carbocycles. The number of hydrogen-bond acceptors (Lipinski definition) is 1. The van der Waals surface area contributed by atoms with Gasteiger partial charge in [0.1, 0.15) is 0 Å². The molecule has 1 atom stereocenters. The van der Waals surface area contributed by atoms with E-state index in [9.17, 15) is 0 Å². The molecule has 1 unspecified atom stereocenters. The smallest absolute Gasteiger partial charge is 0.0408 e. The van der Waals surface area contributed by atoms with Gasteiger partial charge in [-0.25, -0.2) is 0 Å². The molecule has 0 aliphatic heterocycles. The molecule has 104 valence electrons. The second-order valence-corrected chi connectivity index (χ2v) is 6.15. The number of benzene rings is 2. The van der Waals surface area contributed by atoms with Gasteiger partial charge in [0.05, 0.1) is 0 Å². The maximum absolute atomic E-state index is 6.05. The van der Waals surface area contributed by atoms with Gasteiger partial charge in [0, 0.05) is 11.1 Å². The predicted octanol–water partition coefficient (Wildman–Crippen LogP) is 3.95. The van der Waals surface area contributed by atoms with E-state index in [1.807, 2.05) is 6.07 Å². The topological polar surface area (TPSA) is 12.0 Å². The van der Waals surface area contributed by atoms with Gasteiger partial charge in [0.15, 0.2) is 0 Å². The molecule has 20 heavy (non-hydrogen) atoms. The van der Waals surface area contributed by atoms with E-state index in [0.717, 1.165) is 30.8 Å². The van der Waals surface area contributed by atoms with Crippen molar-refractivity contribution in [3.8, 4) is 0 Å². The average molecular weight is 286 g/mol. The molecule has 0 fully saturated rings. The summed E-state index contributed by atoms with van der Waals surface area (Å²) in [6, 6.07) is 15.6. The van der Waals surface area contributed by atoms with Crippen LogP contribution in [0.15, 0.2) is 42.5 Å². The maximum atomic E-state index is 6.05. The van der Waals surface area contributed by atoms with Crippen LogP contribution in [0.5, 0.6) is 0 Å². The van der Waals surface area contributed by atoms with Crippen molar-refractivity contribution in [2.75, 3.05) is 6.54 Å². The van der Waals surface area contributed by atoms with E-state index in [2.05, 4.69) is 48.6 Å². The summed E-state index contributed by atoms with van der Waals surface area (Å²) in [6.45, 7) is 3.18. The molecule has 1 aliphatic rings. The predicted molar refractivity (Wildman–Crippen MR) is 85.5 cm³/mol. The minimum Gasteiger partial charge on any atom is -0.313 e. The van der Waals surface area contributed by atoms with Gasteiger partial charge < -0.3 is 5.32 Å². The van der Waals surface area contributed by atoms with Crippen molar-refractivity contribution in [3.63, 3.8) is 0 Å². The first-order valence-corrected chi connectivity index (χ1v) is 7.65. The van der Waals surface area contributed by atoms with Crippen molar-refractivity contribution in [3.05, 3.63) is 69.7 Å². The highest BCUT2D eigenvalue weighted by atomic mass is 35.5. The fraction of sp³-hybridized carbons (Fsp3) is 0.333. The van der Waals surface area contributed by atoms with Gasteiger partial charge in [0.2, 0.25) is 0 Å². The van der Waals surface area contributed by atoms with Crippen LogP contribution in [0.25, 0.3) is 0 Å². The maximum Gasteiger partial charge on any atom is 0.0408 e. The quantitative estimate of drug-likeness (QED) is 0.897. The SMILES string of the molecule is Cc1cccc(CCNC2Cc3ccc(Cl)cc3C2)c1. The van der Waals surface area contributed by atoms with Crippen molar-refractivity contribution in [1.82, 2.24) is 5.32 Å².